The first-order valence-corrected chi connectivity index (χ1v) is 9.49. The summed E-state index contributed by atoms with van der Waals surface area (Å²) in [6.07, 6.45) is 1.87. The van der Waals surface area contributed by atoms with E-state index in [2.05, 4.69) is 5.32 Å². The number of rotatable bonds is 6. The number of aromatic nitrogens is 2. The lowest BCUT2D eigenvalue weighted by Gasteiger charge is -2.07. The molecule has 0 aliphatic rings. The van der Waals surface area contributed by atoms with Crippen molar-refractivity contribution in [3.8, 4) is 11.3 Å². The molecule has 0 atom stereocenters. The Morgan fingerprint density at radius 2 is 1.63 bits per heavy atom. The highest BCUT2D eigenvalue weighted by Gasteiger charge is 2.16. The molecule has 4 rings (SSSR count). The summed E-state index contributed by atoms with van der Waals surface area (Å²) in [6, 6.07) is 22.5. The molecule has 0 saturated carbocycles. The Kier molecular flexibility index (Phi) is 5.66. The van der Waals surface area contributed by atoms with Gasteiger partial charge in [-0.3, -0.25) is 9.48 Å². The van der Waals surface area contributed by atoms with Crippen LogP contribution >= 0.6 is 0 Å². The number of nitrogens with one attached hydrogen (secondary N) is 1. The molecule has 150 valence electrons. The first kappa shape index (κ1) is 19.5. The predicted octanol–water partition coefficient (Wildman–Crippen LogP) is 4.81. The third kappa shape index (κ3) is 4.43. The highest BCUT2D eigenvalue weighted by Crippen LogP contribution is 2.22. The number of benzene rings is 3. The molecule has 0 spiro atoms. The summed E-state index contributed by atoms with van der Waals surface area (Å²) in [5.74, 6) is -2.23. The van der Waals surface area contributed by atoms with Gasteiger partial charge in [-0.05, 0) is 17.7 Å². The molecule has 4 nitrogen and oxygen atoms in total. The van der Waals surface area contributed by atoms with Crippen LogP contribution in [0.25, 0.3) is 11.3 Å². The summed E-state index contributed by atoms with van der Waals surface area (Å²) >= 11 is 0. The Labute approximate surface area is 172 Å². The van der Waals surface area contributed by atoms with Gasteiger partial charge in [0.2, 0.25) is 0 Å². The van der Waals surface area contributed by atoms with Gasteiger partial charge in [-0.1, -0.05) is 60.7 Å². The minimum absolute atomic E-state index is 0.161. The molecule has 6 heteroatoms. The molecule has 3 aromatic carbocycles. The minimum Gasteiger partial charge on any atom is -0.348 e. The van der Waals surface area contributed by atoms with Crippen molar-refractivity contribution in [3.63, 3.8) is 0 Å². The molecule has 30 heavy (non-hydrogen) atoms. The maximum atomic E-state index is 13.9. The zero-order valence-electron chi connectivity index (χ0n) is 16.1. The van der Waals surface area contributed by atoms with E-state index < -0.39 is 17.5 Å². The third-order valence-corrected chi connectivity index (χ3v) is 4.69. The quantitative estimate of drug-likeness (QED) is 0.502. The summed E-state index contributed by atoms with van der Waals surface area (Å²) in [7, 11) is 0. The highest BCUT2D eigenvalue weighted by molar-refractivity contribution is 5.94. The molecule has 1 amide bonds. The van der Waals surface area contributed by atoms with E-state index in [1.165, 1.54) is 0 Å². The van der Waals surface area contributed by atoms with Crippen LogP contribution in [0, 0.1) is 11.6 Å². The van der Waals surface area contributed by atoms with Gasteiger partial charge in [0.05, 0.1) is 17.8 Å². The van der Waals surface area contributed by atoms with Crippen molar-refractivity contribution in [3.05, 3.63) is 113 Å². The second-order valence-corrected chi connectivity index (χ2v) is 6.86. The second-order valence-electron chi connectivity index (χ2n) is 6.86. The normalized spacial score (nSPS) is 10.7. The van der Waals surface area contributed by atoms with Crippen LogP contribution in [0.1, 0.15) is 21.5 Å². The van der Waals surface area contributed by atoms with Gasteiger partial charge in [0, 0.05) is 29.9 Å². The van der Waals surface area contributed by atoms with Crippen molar-refractivity contribution < 1.29 is 13.6 Å². The number of halogens is 2. The van der Waals surface area contributed by atoms with Crippen LogP contribution in [0.5, 0.6) is 0 Å². The SMILES string of the molecule is O=C(NCc1cn(Cc2ccccc2)nc1-c1ccccc1)c1ccc(F)cc1F. The standard InChI is InChI=1S/C24H19F2N3O/c25-20-11-12-21(22(26)13-20)24(30)27-14-19-16-29(15-17-7-3-1-4-8-17)28-23(19)18-9-5-2-6-10-18/h1-13,16H,14-15H2,(H,27,30). The number of amides is 1. The van der Waals surface area contributed by atoms with Crippen LogP contribution in [-0.4, -0.2) is 15.7 Å². The number of carbonyl (C=O) groups excluding carboxylic acids is 1. The highest BCUT2D eigenvalue weighted by atomic mass is 19.1. The number of hydrogen-bond donors (Lipinski definition) is 1. The summed E-state index contributed by atoms with van der Waals surface area (Å²) in [5.41, 5.74) is 3.36. The zero-order chi connectivity index (χ0) is 20.9. The van der Waals surface area contributed by atoms with Crippen LogP contribution in [-0.2, 0) is 13.1 Å². The lowest BCUT2D eigenvalue weighted by Crippen LogP contribution is -2.24. The first-order chi connectivity index (χ1) is 14.6. The van der Waals surface area contributed by atoms with Crippen LogP contribution in [0.2, 0.25) is 0 Å². The Hall–Kier alpha value is -3.80. The van der Waals surface area contributed by atoms with E-state index in [4.69, 9.17) is 5.10 Å². The molecule has 0 aliphatic carbocycles. The van der Waals surface area contributed by atoms with Crippen molar-refractivity contribution in [1.29, 1.82) is 0 Å². The third-order valence-electron chi connectivity index (χ3n) is 4.69. The maximum Gasteiger partial charge on any atom is 0.254 e. The van der Waals surface area contributed by atoms with E-state index >= 15 is 0 Å². The van der Waals surface area contributed by atoms with Crippen molar-refractivity contribution in [2.75, 3.05) is 0 Å². The van der Waals surface area contributed by atoms with Crippen molar-refractivity contribution in [2.45, 2.75) is 13.1 Å². The molecule has 0 radical (unpaired) electrons. The van der Waals surface area contributed by atoms with Gasteiger partial charge < -0.3 is 5.32 Å². The van der Waals surface area contributed by atoms with E-state index in [0.29, 0.717) is 12.6 Å². The molecular formula is C24H19F2N3O. The molecule has 0 fully saturated rings. The van der Waals surface area contributed by atoms with Crippen molar-refractivity contribution >= 4 is 5.91 Å². The van der Waals surface area contributed by atoms with E-state index in [1.807, 2.05) is 71.5 Å². The van der Waals surface area contributed by atoms with E-state index in [1.54, 1.807) is 0 Å². The molecular weight excluding hydrogens is 384 g/mol. The van der Waals surface area contributed by atoms with Gasteiger partial charge in [-0.25, -0.2) is 8.78 Å². The molecule has 0 saturated heterocycles. The molecule has 4 aromatic rings. The van der Waals surface area contributed by atoms with Crippen LogP contribution in [0.4, 0.5) is 8.78 Å². The number of hydrogen-bond acceptors (Lipinski definition) is 2. The Bertz CT molecular complexity index is 1160. The number of nitrogens with zero attached hydrogens (tertiary/aromatic N) is 2. The smallest absolute Gasteiger partial charge is 0.254 e. The van der Waals surface area contributed by atoms with Gasteiger partial charge in [-0.2, -0.15) is 5.10 Å². The lowest BCUT2D eigenvalue weighted by atomic mass is 10.1. The molecule has 0 bridgehead atoms. The first-order valence-electron chi connectivity index (χ1n) is 9.49. The summed E-state index contributed by atoms with van der Waals surface area (Å²) in [5, 5.41) is 7.41. The van der Waals surface area contributed by atoms with Crippen LogP contribution in [0.15, 0.2) is 85.1 Å². The molecule has 1 N–H and O–H groups in total. The van der Waals surface area contributed by atoms with Gasteiger partial charge in [-0.15, -0.1) is 0 Å². The molecule has 0 aliphatic heterocycles. The molecule has 1 heterocycles. The summed E-state index contributed by atoms with van der Waals surface area (Å²) in [4.78, 5) is 12.4. The molecule has 0 unspecified atom stereocenters. The zero-order valence-corrected chi connectivity index (χ0v) is 16.1. The second kappa shape index (κ2) is 8.69. The minimum atomic E-state index is -0.893. The molecule has 1 aromatic heterocycles. The number of carbonyl (C=O) groups is 1. The Balaban J connectivity index is 1.58. The fourth-order valence-electron chi connectivity index (χ4n) is 3.23. The van der Waals surface area contributed by atoms with E-state index in [0.717, 1.165) is 34.5 Å². The average Bonchev–Trinajstić information content (AvgIpc) is 3.16. The largest absolute Gasteiger partial charge is 0.348 e. The fourth-order valence-corrected chi connectivity index (χ4v) is 3.23. The van der Waals surface area contributed by atoms with Gasteiger partial charge >= 0.3 is 0 Å². The predicted molar refractivity (Wildman–Crippen MR) is 111 cm³/mol. The van der Waals surface area contributed by atoms with Gasteiger partial charge in [0.25, 0.3) is 5.91 Å². The Morgan fingerprint density at radius 1 is 0.933 bits per heavy atom. The van der Waals surface area contributed by atoms with E-state index in [9.17, 15) is 13.6 Å². The maximum absolute atomic E-state index is 13.9. The topological polar surface area (TPSA) is 46.9 Å². The van der Waals surface area contributed by atoms with Crippen LogP contribution < -0.4 is 5.32 Å². The monoisotopic (exact) mass is 403 g/mol. The summed E-state index contributed by atoms with van der Waals surface area (Å²) in [6.45, 7) is 0.746. The Morgan fingerprint density at radius 3 is 2.33 bits per heavy atom. The van der Waals surface area contributed by atoms with Gasteiger partial charge in [0.15, 0.2) is 0 Å². The fraction of sp³-hybridized carbons (Fsp3) is 0.0833. The van der Waals surface area contributed by atoms with Crippen molar-refractivity contribution in [1.82, 2.24) is 15.1 Å². The average molecular weight is 403 g/mol. The van der Waals surface area contributed by atoms with Gasteiger partial charge in [0.1, 0.15) is 11.6 Å². The lowest BCUT2D eigenvalue weighted by molar-refractivity contribution is 0.0947. The van der Waals surface area contributed by atoms with E-state index in [-0.39, 0.29) is 12.1 Å². The van der Waals surface area contributed by atoms with Crippen LogP contribution in [0.3, 0.4) is 0 Å². The summed E-state index contributed by atoms with van der Waals surface area (Å²) < 4.78 is 28.8. The van der Waals surface area contributed by atoms with Crippen molar-refractivity contribution in [2.24, 2.45) is 0 Å².